The van der Waals surface area contributed by atoms with Gasteiger partial charge in [-0.25, -0.2) is 18.5 Å². The van der Waals surface area contributed by atoms with Gasteiger partial charge in [-0.3, -0.25) is 4.90 Å². The minimum atomic E-state index is -3.67. The summed E-state index contributed by atoms with van der Waals surface area (Å²) in [5.74, 6) is 0.770. The molecule has 0 radical (unpaired) electrons. The molecular formula is C22H32IN5O2S. The monoisotopic (exact) mass is 557 g/mol. The van der Waals surface area contributed by atoms with Gasteiger partial charge in [-0.2, -0.15) is 0 Å². The van der Waals surface area contributed by atoms with Gasteiger partial charge < -0.3 is 10.6 Å². The molecule has 3 rings (SSSR count). The third-order valence-corrected chi connectivity index (χ3v) is 6.22. The molecule has 1 heterocycles. The van der Waals surface area contributed by atoms with Crippen LogP contribution in [0.15, 0.2) is 64.5 Å². The molecule has 0 aliphatic carbocycles. The lowest BCUT2D eigenvalue weighted by atomic mass is 10.2. The number of primary sulfonamides is 1. The Labute approximate surface area is 202 Å². The third-order valence-electron chi connectivity index (χ3n) is 5.29. The van der Waals surface area contributed by atoms with Crippen LogP contribution in [0.3, 0.4) is 0 Å². The highest BCUT2D eigenvalue weighted by molar-refractivity contribution is 14.0. The highest BCUT2D eigenvalue weighted by atomic mass is 127. The van der Waals surface area contributed by atoms with Crippen molar-refractivity contribution < 1.29 is 8.42 Å². The molecule has 0 spiro atoms. The van der Waals surface area contributed by atoms with E-state index in [4.69, 9.17) is 5.14 Å². The van der Waals surface area contributed by atoms with Gasteiger partial charge in [0.2, 0.25) is 10.0 Å². The van der Waals surface area contributed by atoms with Gasteiger partial charge in [0.1, 0.15) is 0 Å². The molecular weight excluding hydrogens is 525 g/mol. The molecule has 2 aromatic rings. The van der Waals surface area contributed by atoms with Crippen molar-refractivity contribution in [2.45, 2.75) is 50.3 Å². The van der Waals surface area contributed by atoms with Crippen LogP contribution in [0.2, 0.25) is 0 Å². The van der Waals surface area contributed by atoms with Crippen LogP contribution in [0.4, 0.5) is 0 Å². The van der Waals surface area contributed by atoms with Crippen molar-refractivity contribution in [3.8, 4) is 0 Å². The Morgan fingerprint density at radius 1 is 1.13 bits per heavy atom. The minimum absolute atomic E-state index is 0. The summed E-state index contributed by atoms with van der Waals surface area (Å²) in [6.45, 7) is 7.44. The van der Waals surface area contributed by atoms with E-state index in [9.17, 15) is 8.42 Å². The zero-order chi connectivity index (χ0) is 21.6. The molecule has 2 unspecified atom stereocenters. The largest absolute Gasteiger partial charge is 0.357 e. The van der Waals surface area contributed by atoms with Crippen molar-refractivity contribution in [3.63, 3.8) is 0 Å². The van der Waals surface area contributed by atoms with E-state index in [1.807, 2.05) is 13.0 Å². The number of nitrogens with one attached hydrogen (secondary N) is 2. The van der Waals surface area contributed by atoms with Crippen LogP contribution >= 0.6 is 24.0 Å². The minimum Gasteiger partial charge on any atom is -0.357 e. The first kappa shape index (κ1) is 25.6. The van der Waals surface area contributed by atoms with Crippen LogP contribution in [0.25, 0.3) is 0 Å². The van der Waals surface area contributed by atoms with Crippen molar-refractivity contribution >= 4 is 40.0 Å². The number of likely N-dealkylation sites (tertiary alicyclic amines) is 1. The van der Waals surface area contributed by atoms with Crippen LogP contribution in [-0.2, 0) is 23.1 Å². The Hall–Kier alpha value is -1.69. The lowest BCUT2D eigenvalue weighted by molar-refractivity contribution is 0.258. The number of aliphatic imine (C=N–C) groups is 1. The molecule has 0 aromatic heterocycles. The second-order valence-electron chi connectivity index (χ2n) is 7.73. The fraction of sp³-hybridized carbons (Fsp3) is 0.409. The SMILES string of the molecule is CCNC(=NCc1ccc(S(N)(=O)=O)cc1)NC1CC(C)N(Cc2ccccc2)C1.I. The van der Waals surface area contributed by atoms with E-state index in [1.165, 1.54) is 17.7 Å². The van der Waals surface area contributed by atoms with E-state index in [0.29, 0.717) is 18.6 Å². The van der Waals surface area contributed by atoms with Gasteiger partial charge in [0.25, 0.3) is 0 Å². The van der Waals surface area contributed by atoms with Gasteiger partial charge in [-0.05, 0) is 43.5 Å². The standard InChI is InChI=1S/C22H31N5O2S.HI/c1-3-24-22(25-14-18-9-11-21(12-10-18)30(23,28)29)26-20-13-17(2)27(16-20)15-19-7-5-4-6-8-19;/h4-12,17,20H,3,13-16H2,1-2H3,(H2,23,28,29)(H2,24,25,26);1H. The molecule has 1 aliphatic rings. The van der Waals surface area contributed by atoms with Crippen LogP contribution in [-0.4, -0.2) is 44.5 Å². The molecule has 0 saturated carbocycles. The van der Waals surface area contributed by atoms with Crippen molar-refractivity contribution in [1.82, 2.24) is 15.5 Å². The zero-order valence-corrected chi connectivity index (χ0v) is 21.1. The van der Waals surface area contributed by atoms with Crippen LogP contribution in [0.5, 0.6) is 0 Å². The molecule has 0 bridgehead atoms. The summed E-state index contributed by atoms with van der Waals surface area (Å²) >= 11 is 0. The molecule has 1 aliphatic heterocycles. The van der Waals surface area contributed by atoms with E-state index in [-0.39, 0.29) is 28.9 Å². The Bertz CT molecular complexity index is 952. The average Bonchev–Trinajstić information content (AvgIpc) is 3.05. The number of guanidine groups is 1. The number of hydrogen-bond donors (Lipinski definition) is 3. The molecule has 2 aromatic carbocycles. The molecule has 9 heteroatoms. The first-order chi connectivity index (χ1) is 14.3. The molecule has 31 heavy (non-hydrogen) atoms. The number of nitrogens with two attached hydrogens (primary N) is 1. The number of benzene rings is 2. The molecule has 7 nitrogen and oxygen atoms in total. The summed E-state index contributed by atoms with van der Waals surface area (Å²) in [6, 6.07) is 17.9. The maximum Gasteiger partial charge on any atom is 0.238 e. The molecule has 4 N–H and O–H groups in total. The summed E-state index contributed by atoms with van der Waals surface area (Å²) in [5, 5.41) is 12.0. The normalized spacial score (nSPS) is 19.6. The third kappa shape index (κ3) is 7.74. The number of sulfonamides is 1. The average molecular weight is 558 g/mol. The molecule has 0 amide bonds. The van der Waals surface area contributed by atoms with E-state index in [2.05, 4.69) is 51.7 Å². The molecule has 1 fully saturated rings. The van der Waals surface area contributed by atoms with E-state index < -0.39 is 10.0 Å². The number of rotatable bonds is 7. The van der Waals surface area contributed by atoms with Crippen molar-refractivity contribution in [2.75, 3.05) is 13.1 Å². The first-order valence-electron chi connectivity index (χ1n) is 10.3. The van der Waals surface area contributed by atoms with Gasteiger partial charge in [-0.1, -0.05) is 42.5 Å². The predicted octanol–water partition coefficient (Wildman–Crippen LogP) is 2.67. The predicted molar refractivity (Wildman–Crippen MR) is 136 cm³/mol. The van der Waals surface area contributed by atoms with E-state index >= 15 is 0 Å². The fourth-order valence-corrected chi connectivity index (χ4v) is 4.22. The van der Waals surface area contributed by atoms with Gasteiger partial charge >= 0.3 is 0 Å². The van der Waals surface area contributed by atoms with Gasteiger partial charge in [0.05, 0.1) is 11.4 Å². The molecule has 2 atom stereocenters. The molecule has 1 saturated heterocycles. The first-order valence-corrected chi connectivity index (χ1v) is 11.8. The highest BCUT2D eigenvalue weighted by Gasteiger charge is 2.29. The maximum atomic E-state index is 11.4. The van der Waals surface area contributed by atoms with Crippen LogP contribution in [0.1, 0.15) is 31.4 Å². The quantitative estimate of drug-likeness (QED) is 0.276. The number of nitrogens with zero attached hydrogens (tertiary/aromatic N) is 2. The van der Waals surface area contributed by atoms with Crippen LogP contribution < -0.4 is 15.8 Å². The van der Waals surface area contributed by atoms with Gasteiger partial charge in [-0.15, -0.1) is 24.0 Å². The van der Waals surface area contributed by atoms with Crippen molar-refractivity contribution in [2.24, 2.45) is 10.1 Å². The smallest absolute Gasteiger partial charge is 0.238 e. The summed E-state index contributed by atoms with van der Waals surface area (Å²) in [5.41, 5.74) is 2.25. The molecule has 170 valence electrons. The Balaban J connectivity index is 0.00000341. The Morgan fingerprint density at radius 3 is 2.42 bits per heavy atom. The lowest BCUT2D eigenvalue weighted by Crippen LogP contribution is -2.44. The maximum absolute atomic E-state index is 11.4. The highest BCUT2D eigenvalue weighted by Crippen LogP contribution is 2.20. The summed E-state index contributed by atoms with van der Waals surface area (Å²) in [6.07, 6.45) is 1.06. The summed E-state index contributed by atoms with van der Waals surface area (Å²) in [4.78, 5) is 7.27. The van der Waals surface area contributed by atoms with Crippen LogP contribution in [0, 0.1) is 0 Å². The lowest BCUT2D eigenvalue weighted by Gasteiger charge is -2.21. The number of halogens is 1. The second-order valence-corrected chi connectivity index (χ2v) is 9.29. The summed E-state index contributed by atoms with van der Waals surface area (Å²) in [7, 11) is -3.67. The van der Waals surface area contributed by atoms with Crippen molar-refractivity contribution in [3.05, 3.63) is 65.7 Å². The topological polar surface area (TPSA) is 99.8 Å². The zero-order valence-electron chi connectivity index (χ0n) is 18.0. The van der Waals surface area contributed by atoms with Gasteiger partial charge in [0, 0.05) is 31.7 Å². The fourth-order valence-electron chi connectivity index (χ4n) is 3.71. The van der Waals surface area contributed by atoms with E-state index in [0.717, 1.165) is 37.6 Å². The summed E-state index contributed by atoms with van der Waals surface area (Å²) < 4.78 is 22.8. The van der Waals surface area contributed by atoms with Crippen molar-refractivity contribution in [1.29, 1.82) is 0 Å². The second kappa shape index (κ2) is 11.8. The van der Waals surface area contributed by atoms with Gasteiger partial charge in [0.15, 0.2) is 5.96 Å². The number of hydrogen-bond acceptors (Lipinski definition) is 4. The Morgan fingerprint density at radius 2 is 1.81 bits per heavy atom. The van der Waals surface area contributed by atoms with E-state index in [1.54, 1.807) is 12.1 Å². The Kier molecular flexibility index (Phi) is 9.73.